The first-order valence-electron chi connectivity index (χ1n) is 6.69. The quantitative estimate of drug-likeness (QED) is 0.672. The van der Waals surface area contributed by atoms with Gasteiger partial charge in [-0.15, -0.1) is 0 Å². The third kappa shape index (κ3) is 3.48. The van der Waals surface area contributed by atoms with Crippen molar-refractivity contribution in [3.8, 4) is 6.07 Å². The highest BCUT2D eigenvalue weighted by Crippen LogP contribution is 2.23. The molecule has 0 unspecified atom stereocenters. The van der Waals surface area contributed by atoms with Crippen LogP contribution in [0.4, 0.5) is 11.4 Å². The number of nitrogens with one attached hydrogen (secondary N) is 1. The lowest BCUT2D eigenvalue weighted by Crippen LogP contribution is -2.27. The number of nitrogens with zero attached hydrogens (tertiary/aromatic N) is 3. The van der Waals surface area contributed by atoms with Crippen LogP contribution in [0.3, 0.4) is 0 Å². The fourth-order valence-electron chi connectivity index (χ4n) is 2.43. The molecule has 1 amide bonds. The van der Waals surface area contributed by atoms with Gasteiger partial charge in [0.2, 0.25) is 5.91 Å². The third-order valence-electron chi connectivity index (χ3n) is 3.65. The highest BCUT2D eigenvalue weighted by molar-refractivity contribution is 5.73. The number of nitro benzene ring substituents is 1. The van der Waals surface area contributed by atoms with Crippen LogP contribution in [-0.2, 0) is 4.79 Å². The number of carbonyl (C=O) groups excluding carboxylic acids is 1. The molecule has 0 aliphatic carbocycles. The number of nitriles is 1. The molecule has 0 bridgehead atoms. The van der Waals surface area contributed by atoms with Crippen molar-refractivity contribution >= 4 is 17.3 Å². The Morgan fingerprint density at radius 1 is 1.62 bits per heavy atom. The molecular formula is C14H16N4O3. The van der Waals surface area contributed by atoms with E-state index < -0.39 is 4.92 Å². The largest absolute Gasteiger partial charge is 0.384 e. The molecule has 0 aromatic heterocycles. The van der Waals surface area contributed by atoms with Gasteiger partial charge in [0.05, 0.1) is 16.2 Å². The van der Waals surface area contributed by atoms with Gasteiger partial charge in [-0.3, -0.25) is 14.9 Å². The van der Waals surface area contributed by atoms with Gasteiger partial charge in [-0.1, -0.05) is 0 Å². The van der Waals surface area contributed by atoms with Gasteiger partial charge in [0.1, 0.15) is 6.07 Å². The van der Waals surface area contributed by atoms with Crippen LogP contribution >= 0.6 is 0 Å². The average Bonchev–Trinajstić information content (AvgIpc) is 2.93. The molecule has 1 fully saturated rings. The standard InChI is InChI=1S/C14H16N4O3/c1-10(19)17-5-4-11(9-17)8-16-14-3-2-13(18(20)21)6-12(14)7-15/h2-3,6,11,16H,4-5,8-9H2,1H3/t11-/m0/s1. The summed E-state index contributed by atoms with van der Waals surface area (Å²) in [5.74, 6) is 0.404. The van der Waals surface area contributed by atoms with Crippen LogP contribution in [0.1, 0.15) is 18.9 Å². The van der Waals surface area contributed by atoms with Crippen molar-refractivity contribution in [2.75, 3.05) is 25.0 Å². The summed E-state index contributed by atoms with van der Waals surface area (Å²) < 4.78 is 0. The molecule has 7 nitrogen and oxygen atoms in total. The van der Waals surface area contributed by atoms with E-state index in [0.717, 1.165) is 13.0 Å². The fraction of sp³-hybridized carbons (Fsp3) is 0.429. The van der Waals surface area contributed by atoms with E-state index in [0.29, 0.717) is 24.7 Å². The van der Waals surface area contributed by atoms with Gasteiger partial charge in [0, 0.05) is 38.7 Å². The molecule has 1 atom stereocenters. The van der Waals surface area contributed by atoms with Crippen LogP contribution in [0.5, 0.6) is 0 Å². The smallest absolute Gasteiger partial charge is 0.270 e. The molecule has 0 saturated carbocycles. The van der Waals surface area contributed by atoms with E-state index in [9.17, 15) is 14.9 Å². The zero-order valence-electron chi connectivity index (χ0n) is 11.7. The molecule has 7 heteroatoms. The van der Waals surface area contributed by atoms with Crippen LogP contribution in [0.25, 0.3) is 0 Å². The van der Waals surface area contributed by atoms with E-state index >= 15 is 0 Å². The van der Waals surface area contributed by atoms with E-state index in [2.05, 4.69) is 5.32 Å². The van der Waals surface area contributed by atoms with E-state index in [1.54, 1.807) is 17.9 Å². The topological polar surface area (TPSA) is 99.3 Å². The SMILES string of the molecule is CC(=O)N1CC[C@@H](CNc2ccc([N+](=O)[O-])cc2C#N)C1. The van der Waals surface area contributed by atoms with Gasteiger partial charge in [0.15, 0.2) is 0 Å². The number of hydrogen-bond acceptors (Lipinski definition) is 5. The zero-order chi connectivity index (χ0) is 15.4. The number of non-ortho nitro benzene ring substituents is 1. The molecule has 0 radical (unpaired) electrons. The van der Waals surface area contributed by atoms with E-state index in [1.165, 1.54) is 12.1 Å². The monoisotopic (exact) mass is 288 g/mol. The number of carbonyl (C=O) groups is 1. The van der Waals surface area contributed by atoms with Crippen LogP contribution in [0.2, 0.25) is 0 Å². The van der Waals surface area contributed by atoms with Gasteiger partial charge in [-0.2, -0.15) is 5.26 Å². The summed E-state index contributed by atoms with van der Waals surface area (Å²) in [6.45, 7) is 3.65. The highest BCUT2D eigenvalue weighted by atomic mass is 16.6. The minimum absolute atomic E-state index is 0.0746. The van der Waals surface area contributed by atoms with Crippen molar-refractivity contribution in [3.05, 3.63) is 33.9 Å². The second-order valence-electron chi connectivity index (χ2n) is 5.10. The van der Waals surface area contributed by atoms with Gasteiger partial charge in [-0.05, 0) is 18.4 Å². The van der Waals surface area contributed by atoms with Gasteiger partial charge < -0.3 is 10.2 Å². The predicted octanol–water partition coefficient (Wildman–Crippen LogP) is 1.75. The van der Waals surface area contributed by atoms with Crippen LogP contribution < -0.4 is 5.32 Å². The predicted molar refractivity (Wildman–Crippen MR) is 76.7 cm³/mol. The maximum atomic E-state index is 11.3. The zero-order valence-corrected chi connectivity index (χ0v) is 11.7. The van der Waals surface area contributed by atoms with Gasteiger partial charge in [0.25, 0.3) is 5.69 Å². The number of rotatable bonds is 4. The van der Waals surface area contributed by atoms with E-state index in [4.69, 9.17) is 5.26 Å². The van der Waals surface area contributed by atoms with Crippen molar-refractivity contribution in [1.82, 2.24) is 4.90 Å². The maximum Gasteiger partial charge on any atom is 0.270 e. The molecule has 1 aliphatic heterocycles. The number of nitro groups is 1. The highest BCUT2D eigenvalue weighted by Gasteiger charge is 2.24. The van der Waals surface area contributed by atoms with Crippen molar-refractivity contribution in [3.63, 3.8) is 0 Å². The summed E-state index contributed by atoms with van der Waals surface area (Å²) in [7, 11) is 0. The number of benzene rings is 1. The van der Waals surface area contributed by atoms with Crippen molar-refractivity contribution in [2.24, 2.45) is 5.92 Å². The molecule has 1 aromatic rings. The summed E-state index contributed by atoms with van der Waals surface area (Å²) in [6, 6.07) is 6.15. The van der Waals surface area contributed by atoms with Crippen LogP contribution in [0, 0.1) is 27.4 Å². The van der Waals surface area contributed by atoms with Gasteiger partial charge in [-0.25, -0.2) is 0 Å². The normalized spacial score (nSPS) is 17.3. The van der Waals surface area contributed by atoms with Gasteiger partial charge >= 0.3 is 0 Å². The molecule has 21 heavy (non-hydrogen) atoms. The summed E-state index contributed by atoms with van der Waals surface area (Å²) in [6.07, 6.45) is 0.918. The molecule has 1 heterocycles. The second-order valence-corrected chi connectivity index (χ2v) is 5.10. The minimum Gasteiger partial charge on any atom is -0.384 e. The maximum absolute atomic E-state index is 11.3. The van der Waals surface area contributed by atoms with E-state index in [1.807, 2.05) is 6.07 Å². The number of amides is 1. The van der Waals surface area contributed by atoms with Crippen LogP contribution in [-0.4, -0.2) is 35.4 Å². The summed E-state index contributed by atoms with van der Waals surface area (Å²) in [4.78, 5) is 23.2. The summed E-state index contributed by atoms with van der Waals surface area (Å²) >= 11 is 0. The molecule has 0 spiro atoms. The van der Waals surface area contributed by atoms with Crippen molar-refractivity contribution < 1.29 is 9.72 Å². The lowest BCUT2D eigenvalue weighted by molar-refractivity contribution is -0.384. The van der Waals surface area contributed by atoms with Crippen LogP contribution in [0.15, 0.2) is 18.2 Å². The molecule has 1 aliphatic rings. The lowest BCUT2D eigenvalue weighted by atomic mass is 10.1. The Balaban J connectivity index is 1.99. The van der Waals surface area contributed by atoms with Crippen molar-refractivity contribution in [2.45, 2.75) is 13.3 Å². The first-order chi connectivity index (χ1) is 10.0. The Bertz CT molecular complexity index is 609. The van der Waals surface area contributed by atoms with E-state index in [-0.39, 0.29) is 17.2 Å². The molecule has 2 rings (SSSR count). The Hall–Kier alpha value is -2.62. The molecular weight excluding hydrogens is 272 g/mol. The minimum atomic E-state index is -0.522. The Labute approximate surface area is 122 Å². The first kappa shape index (κ1) is 14.8. The first-order valence-corrected chi connectivity index (χ1v) is 6.69. The number of anilines is 1. The molecule has 1 aromatic carbocycles. The second kappa shape index (κ2) is 6.22. The molecule has 1 N–H and O–H groups in total. The lowest BCUT2D eigenvalue weighted by Gasteiger charge is -2.15. The molecule has 110 valence electrons. The summed E-state index contributed by atoms with van der Waals surface area (Å²) in [5.41, 5.74) is 0.746. The fourth-order valence-corrected chi connectivity index (χ4v) is 2.43. The Morgan fingerprint density at radius 2 is 2.38 bits per heavy atom. The summed E-state index contributed by atoms with van der Waals surface area (Å²) in [5, 5.41) is 22.9. The Morgan fingerprint density at radius 3 is 2.95 bits per heavy atom. The van der Waals surface area contributed by atoms with Crippen molar-refractivity contribution in [1.29, 1.82) is 5.26 Å². The Kier molecular flexibility index (Phi) is 4.38. The average molecular weight is 288 g/mol. The molecule has 1 saturated heterocycles. The number of hydrogen-bond donors (Lipinski definition) is 1. The third-order valence-corrected chi connectivity index (χ3v) is 3.65. The number of likely N-dealkylation sites (tertiary alicyclic amines) is 1.